The first-order chi connectivity index (χ1) is 10.2. The summed E-state index contributed by atoms with van der Waals surface area (Å²) in [6, 6.07) is 5.03. The fourth-order valence-corrected chi connectivity index (χ4v) is 2.93. The maximum Gasteiger partial charge on any atom is 0.311 e. The molecule has 1 aromatic carbocycles. The highest BCUT2D eigenvalue weighted by molar-refractivity contribution is 5.95. The molecule has 0 spiro atoms. The normalized spacial score (nSPS) is 18.4. The minimum Gasteiger partial charge on any atom is -0.482 e. The minimum atomic E-state index is -0.204. The van der Waals surface area contributed by atoms with Crippen LogP contribution in [0.15, 0.2) is 18.2 Å². The molecule has 21 heavy (non-hydrogen) atoms. The molecule has 0 atom stereocenters. The number of benzene rings is 1. The summed E-state index contributed by atoms with van der Waals surface area (Å²) in [5.41, 5.74) is 0.550. The number of amides is 1. The average molecular weight is 289 g/mol. The Balaban J connectivity index is 1.60. The molecule has 0 unspecified atom stereocenters. The summed E-state index contributed by atoms with van der Waals surface area (Å²) in [7, 11) is 0. The number of nitrogens with one attached hydrogen (secondary N) is 1. The Labute approximate surface area is 123 Å². The standard InChI is InChI=1S/C16H19NO4/c18-15-10-20-14-7-6-12(9-13(14)17-15)21-16(19)8-11-4-2-1-3-5-11/h6-7,9,11H,1-5,8,10H2,(H,17,18). The molecule has 5 nitrogen and oxygen atoms in total. The third kappa shape index (κ3) is 3.54. The molecule has 1 N–H and O–H groups in total. The van der Waals surface area contributed by atoms with Crippen LogP contribution < -0.4 is 14.8 Å². The van der Waals surface area contributed by atoms with E-state index in [9.17, 15) is 9.59 Å². The first kappa shape index (κ1) is 13.9. The number of carbonyl (C=O) groups excluding carboxylic acids is 2. The monoisotopic (exact) mass is 289 g/mol. The second kappa shape index (κ2) is 6.16. The smallest absolute Gasteiger partial charge is 0.311 e. The molecule has 1 amide bonds. The molecule has 1 aliphatic heterocycles. The Bertz CT molecular complexity index is 549. The zero-order chi connectivity index (χ0) is 14.7. The number of fused-ring (bicyclic) bond motifs is 1. The van der Waals surface area contributed by atoms with Crippen molar-refractivity contribution in [3.63, 3.8) is 0 Å². The van der Waals surface area contributed by atoms with Crippen molar-refractivity contribution in [2.24, 2.45) is 5.92 Å². The van der Waals surface area contributed by atoms with E-state index in [1.165, 1.54) is 19.3 Å². The molecule has 0 radical (unpaired) electrons. The van der Waals surface area contributed by atoms with Gasteiger partial charge in [-0.25, -0.2) is 0 Å². The largest absolute Gasteiger partial charge is 0.482 e. The van der Waals surface area contributed by atoms with Crippen molar-refractivity contribution in [1.29, 1.82) is 0 Å². The van der Waals surface area contributed by atoms with Crippen LogP contribution in [-0.2, 0) is 9.59 Å². The predicted molar refractivity (Wildman–Crippen MR) is 77.4 cm³/mol. The first-order valence-corrected chi connectivity index (χ1v) is 7.48. The van der Waals surface area contributed by atoms with Crippen LogP contribution in [0.5, 0.6) is 11.5 Å². The summed E-state index contributed by atoms with van der Waals surface area (Å²) in [4.78, 5) is 23.3. The van der Waals surface area contributed by atoms with Crippen molar-refractivity contribution >= 4 is 17.6 Å². The van der Waals surface area contributed by atoms with Gasteiger partial charge >= 0.3 is 5.97 Å². The maximum absolute atomic E-state index is 12.0. The van der Waals surface area contributed by atoms with Crippen molar-refractivity contribution in [3.05, 3.63) is 18.2 Å². The molecule has 1 saturated carbocycles. The van der Waals surface area contributed by atoms with Crippen LogP contribution in [0.4, 0.5) is 5.69 Å². The molecular formula is C16H19NO4. The number of anilines is 1. The van der Waals surface area contributed by atoms with Crippen molar-refractivity contribution in [1.82, 2.24) is 0 Å². The molecular weight excluding hydrogens is 270 g/mol. The van der Waals surface area contributed by atoms with Crippen LogP contribution in [0.25, 0.3) is 0 Å². The lowest BCUT2D eigenvalue weighted by atomic mass is 9.87. The van der Waals surface area contributed by atoms with Crippen molar-refractivity contribution in [3.8, 4) is 11.5 Å². The van der Waals surface area contributed by atoms with E-state index in [1.54, 1.807) is 18.2 Å². The Morgan fingerprint density at radius 2 is 2.10 bits per heavy atom. The topological polar surface area (TPSA) is 64.6 Å². The second-order valence-corrected chi connectivity index (χ2v) is 5.68. The van der Waals surface area contributed by atoms with E-state index in [1.807, 2.05) is 0 Å². The van der Waals surface area contributed by atoms with Crippen LogP contribution in [-0.4, -0.2) is 18.5 Å². The zero-order valence-electron chi connectivity index (χ0n) is 11.9. The summed E-state index contributed by atoms with van der Waals surface area (Å²) in [5, 5.41) is 2.70. The zero-order valence-corrected chi connectivity index (χ0v) is 11.9. The van der Waals surface area contributed by atoms with Gasteiger partial charge in [0.25, 0.3) is 5.91 Å². The van der Waals surface area contributed by atoms with Crippen LogP contribution in [0, 0.1) is 5.92 Å². The maximum atomic E-state index is 12.0. The Hall–Kier alpha value is -2.04. The number of hydrogen-bond acceptors (Lipinski definition) is 4. The molecule has 0 aromatic heterocycles. The number of carbonyl (C=O) groups is 2. The lowest BCUT2D eigenvalue weighted by Gasteiger charge is -2.21. The summed E-state index contributed by atoms with van der Waals surface area (Å²) in [5.74, 6) is 1.09. The molecule has 1 aliphatic carbocycles. The van der Waals surface area contributed by atoms with Gasteiger partial charge in [-0.2, -0.15) is 0 Å². The molecule has 0 bridgehead atoms. The van der Waals surface area contributed by atoms with Crippen LogP contribution in [0.2, 0.25) is 0 Å². The molecule has 0 saturated heterocycles. The second-order valence-electron chi connectivity index (χ2n) is 5.68. The Morgan fingerprint density at radius 1 is 1.29 bits per heavy atom. The SMILES string of the molecule is O=C1COc2ccc(OC(=O)CC3CCCCC3)cc2N1. The molecule has 5 heteroatoms. The van der Waals surface area contributed by atoms with E-state index in [4.69, 9.17) is 9.47 Å². The molecule has 112 valence electrons. The van der Waals surface area contributed by atoms with Gasteiger partial charge in [0.05, 0.1) is 5.69 Å². The first-order valence-electron chi connectivity index (χ1n) is 7.48. The summed E-state index contributed by atoms with van der Waals surface area (Å²) in [6.07, 6.45) is 6.39. The van der Waals surface area contributed by atoms with E-state index in [-0.39, 0.29) is 18.5 Å². The highest BCUT2D eigenvalue weighted by atomic mass is 16.5. The Kier molecular flexibility index (Phi) is 4.08. The number of ether oxygens (including phenoxy) is 2. The highest BCUT2D eigenvalue weighted by Crippen LogP contribution is 2.32. The van der Waals surface area contributed by atoms with Gasteiger partial charge in [0.15, 0.2) is 6.61 Å². The van der Waals surface area contributed by atoms with Crippen molar-refractivity contribution in [2.45, 2.75) is 38.5 Å². The van der Waals surface area contributed by atoms with Crippen LogP contribution >= 0.6 is 0 Å². The average Bonchev–Trinajstić information content (AvgIpc) is 2.47. The van der Waals surface area contributed by atoms with E-state index >= 15 is 0 Å². The van der Waals surface area contributed by atoms with Gasteiger partial charge in [-0.1, -0.05) is 19.3 Å². The van der Waals surface area contributed by atoms with Gasteiger partial charge in [0, 0.05) is 12.5 Å². The number of rotatable bonds is 3. The van der Waals surface area contributed by atoms with Crippen LogP contribution in [0.3, 0.4) is 0 Å². The van der Waals surface area contributed by atoms with Crippen molar-refractivity contribution in [2.75, 3.05) is 11.9 Å². The fourth-order valence-electron chi connectivity index (χ4n) is 2.93. The third-order valence-electron chi connectivity index (χ3n) is 4.00. The van der Waals surface area contributed by atoms with Gasteiger partial charge in [-0.3, -0.25) is 9.59 Å². The molecule has 1 fully saturated rings. The lowest BCUT2D eigenvalue weighted by molar-refractivity contribution is -0.135. The van der Waals surface area contributed by atoms with Crippen molar-refractivity contribution < 1.29 is 19.1 Å². The highest BCUT2D eigenvalue weighted by Gasteiger charge is 2.20. The quantitative estimate of drug-likeness (QED) is 0.686. The Morgan fingerprint density at radius 3 is 2.90 bits per heavy atom. The van der Waals surface area contributed by atoms with Gasteiger partial charge in [-0.15, -0.1) is 0 Å². The number of esters is 1. The molecule has 2 aliphatic rings. The number of hydrogen-bond donors (Lipinski definition) is 1. The van der Waals surface area contributed by atoms with E-state index in [0.717, 1.165) is 12.8 Å². The third-order valence-corrected chi connectivity index (χ3v) is 4.00. The fraction of sp³-hybridized carbons (Fsp3) is 0.500. The lowest BCUT2D eigenvalue weighted by Crippen LogP contribution is -2.25. The van der Waals surface area contributed by atoms with Crippen LogP contribution in [0.1, 0.15) is 38.5 Å². The predicted octanol–water partition coefficient (Wildman–Crippen LogP) is 2.89. The molecule has 1 heterocycles. The van der Waals surface area contributed by atoms with E-state index < -0.39 is 0 Å². The van der Waals surface area contributed by atoms with Gasteiger partial charge in [-0.05, 0) is 30.9 Å². The summed E-state index contributed by atoms with van der Waals surface area (Å²) >= 11 is 0. The minimum absolute atomic E-state index is 0.0216. The molecule has 3 rings (SSSR count). The van der Waals surface area contributed by atoms with Gasteiger partial charge in [0.2, 0.25) is 0 Å². The van der Waals surface area contributed by atoms with E-state index in [0.29, 0.717) is 29.5 Å². The summed E-state index contributed by atoms with van der Waals surface area (Å²) in [6.45, 7) is 0.0216. The van der Waals surface area contributed by atoms with Gasteiger partial charge in [0.1, 0.15) is 11.5 Å². The molecule has 1 aromatic rings. The van der Waals surface area contributed by atoms with Gasteiger partial charge < -0.3 is 14.8 Å². The summed E-state index contributed by atoms with van der Waals surface area (Å²) < 4.78 is 10.6. The van der Waals surface area contributed by atoms with E-state index in [2.05, 4.69) is 5.32 Å².